The van der Waals surface area contributed by atoms with E-state index in [1.54, 1.807) is 29.5 Å². The predicted octanol–water partition coefficient (Wildman–Crippen LogP) is 8.62. The summed E-state index contributed by atoms with van der Waals surface area (Å²) in [7, 11) is 0. The number of anilines is 1. The Morgan fingerprint density at radius 2 is 1.68 bits per heavy atom. The number of rotatable bonds is 21. The molecule has 17 heteroatoms. The maximum Gasteiger partial charge on any atom is 0.254 e. The first-order valence-corrected chi connectivity index (χ1v) is 25.2. The van der Waals surface area contributed by atoms with Gasteiger partial charge < -0.3 is 40.3 Å². The van der Waals surface area contributed by atoms with E-state index < -0.39 is 18.1 Å². The lowest BCUT2D eigenvalue weighted by Crippen LogP contribution is -2.48. The first-order chi connectivity index (χ1) is 32.9. The van der Waals surface area contributed by atoms with Crippen molar-refractivity contribution in [3.63, 3.8) is 0 Å². The fourth-order valence-electron chi connectivity index (χ4n) is 9.72. The molecule has 0 spiro atoms. The maximum absolute atomic E-state index is 14.1. The normalized spacial score (nSPS) is 17.8. The first-order valence-electron chi connectivity index (χ1n) is 24.4. The molecule has 2 amide bonds. The summed E-state index contributed by atoms with van der Waals surface area (Å²) in [4.78, 5) is 37.3. The van der Waals surface area contributed by atoms with Crippen molar-refractivity contribution in [2.24, 2.45) is 5.92 Å². The van der Waals surface area contributed by atoms with Crippen molar-refractivity contribution < 1.29 is 29.1 Å². The Hall–Kier alpha value is -5.91. The number of fused-ring (bicyclic) bond motifs is 1. The summed E-state index contributed by atoms with van der Waals surface area (Å²) in [6, 6.07) is 17.9. The van der Waals surface area contributed by atoms with Crippen LogP contribution in [0.1, 0.15) is 126 Å². The van der Waals surface area contributed by atoms with Crippen LogP contribution in [0.25, 0.3) is 32.7 Å². The molecule has 6 aromatic rings. The highest BCUT2D eigenvalue weighted by Crippen LogP contribution is 2.35. The molecular weight excluding hydrogens is 881 g/mol. The number of carbonyl (C=O) groups is 2. The van der Waals surface area contributed by atoms with E-state index in [1.165, 1.54) is 37.0 Å². The van der Waals surface area contributed by atoms with Gasteiger partial charge in [-0.2, -0.15) is 5.10 Å². The van der Waals surface area contributed by atoms with Gasteiger partial charge in [-0.15, -0.1) is 21.5 Å². The Balaban J connectivity index is 0.704. The number of aromatic nitrogens is 6. The molecule has 0 aliphatic carbocycles. The number of likely N-dealkylation sites (tertiary alicyclic amines) is 2. The van der Waals surface area contributed by atoms with Crippen molar-refractivity contribution in [1.82, 2.24) is 45.2 Å². The number of nitrogens with two attached hydrogens (primary N) is 1. The van der Waals surface area contributed by atoms with Crippen molar-refractivity contribution in [3.8, 4) is 33.3 Å². The molecule has 16 nitrogen and oxygen atoms in total. The highest BCUT2D eigenvalue weighted by atomic mass is 32.1. The lowest BCUT2D eigenvalue weighted by atomic mass is 9.91. The first kappa shape index (κ1) is 48.5. The van der Waals surface area contributed by atoms with E-state index in [1.807, 2.05) is 80.4 Å². The van der Waals surface area contributed by atoms with E-state index >= 15 is 0 Å². The van der Waals surface area contributed by atoms with E-state index in [2.05, 4.69) is 35.7 Å². The van der Waals surface area contributed by atoms with Crippen LogP contribution in [-0.4, -0.2) is 107 Å². The fourth-order valence-corrected chi connectivity index (χ4v) is 10.5. The number of thiazole rings is 1. The molecule has 5 N–H and O–H groups in total. The second-order valence-electron chi connectivity index (χ2n) is 18.9. The van der Waals surface area contributed by atoms with E-state index in [9.17, 15) is 19.8 Å². The van der Waals surface area contributed by atoms with Crippen molar-refractivity contribution in [2.45, 2.75) is 128 Å². The van der Waals surface area contributed by atoms with Gasteiger partial charge in [0.2, 0.25) is 11.8 Å². The second kappa shape index (κ2) is 22.5. The Morgan fingerprint density at radius 1 is 0.956 bits per heavy atom. The minimum atomic E-state index is -0.809. The summed E-state index contributed by atoms with van der Waals surface area (Å²) in [6.07, 6.45) is 10.5. The summed E-state index contributed by atoms with van der Waals surface area (Å²) < 4.78 is 13.6. The molecule has 0 radical (unpaired) electrons. The van der Waals surface area contributed by atoms with Gasteiger partial charge in [-0.3, -0.25) is 14.3 Å². The molecule has 8 rings (SSSR count). The van der Waals surface area contributed by atoms with Crippen molar-refractivity contribution in [1.29, 1.82) is 0 Å². The third kappa shape index (κ3) is 11.5. The molecule has 0 unspecified atom stereocenters. The van der Waals surface area contributed by atoms with E-state index in [4.69, 9.17) is 15.0 Å². The van der Waals surface area contributed by atoms with Crippen LogP contribution in [0, 0.1) is 12.8 Å². The molecule has 6 heterocycles. The number of hydrogen-bond donors (Lipinski definition) is 4. The van der Waals surface area contributed by atoms with Crippen LogP contribution < -0.4 is 15.8 Å². The zero-order chi connectivity index (χ0) is 47.7. The van der Waals surface area contributed by atoms with Gasteiger partial charge in [0.25, 0.3) is 5.88 Å². The van der Waals surface area contributed by atoms with Crippen LogP contribution in [0.2, 0.25) is 0 Å². The minimum absolute atomic E-state index is 0.0696. The summed E-state index contributed by atoms with van der Waals surface area (Å²) in [5, 5.41) is 41.6. The quantitative estimate of drug-likeness (QED) is 0.0499. The van der Waals surface area contributed by atoms with Gasteiger partial charge in [-0.25, -0.2) is 4.98 Å². The van der Waals surface area contributed by atoms with Gasteiger partial charge in [0.15, 0.2) is 17.1 Å². The minimum Gasteiger partial charge on any atom is -0.507 e. The zero-order valence-corrected chi connectivity index (χ0v) is 40.5. The van der Waals surface area contributed by atoms with Gasteiger partial charge >= 0.3 is 0 Å². The molecule has 4 aromatic heterocycles. The molecule has 4 atom stereocenters. The highest BCUT2D eigenvalue weighted by molar-refractivity contribution is 7.13. The van der Waals surface area contributed by atoms with Crippen LogP contribution in [0.3, 0.4) is 0 Å². The van der Waals surface area contributed by atoms with E-state index in [0.717, 1.165) is 79.0 Å². The number of aryl methyl sites for hydroxylation is 1. The lowest BCUT2D eigenvalue weighted by Gasteiger charge is -2.32. The number of phenolic OH excluding ortho intramolecular Hbond substituents is 1. The van der Waals surface area contributed by atoms with Gasteiger partial charge in [0.1, 0.15) is 17.7 Å². The number of carbonyl (C=O) groups excluding carboxylic acids is 2. The summed E-state index contributed by atoms with van der Waals surface area (Å²) in [5.74, 6) is -0.139. The maximum atomic E-state index is 14.1. The molecule has 2 saturated heterocycles. The molecule has 2 fully saturated rings. The number of nitrogens with one attached hydrogen (secondary N) is 1. The largest absolute Gasteiger partial charge is 0.507 e. The average molecular weight is 947 g/mol. The molecule has 362 valence electrons. The smallest absolute Gasteiger partial charge is 0.254 e. The number of ether oxygens (including phenoxy) is 1. The van der Waals surface area contributed by atoms with Crippen molar-refractivity contribution in [3.05, 3.63) is 83.2 Å². The number of aliphatic hydroxyl groups is 1. The number of phenols is 1. The van der Waals surface area contributed by atoms with Gasteiger partial charge in [0, 0.05) is 37.7 Å². The number of aromatic hydroxyl groups is 1. The van der Waals surface area contributed by atoms with Crippen LogP contribution in [0.15, 0.2) is 70.7 Å². The molecule has 0 bridgehead atoms. The highest BCUT2D eigenvalue weighted by Gasteiger charge is 2.43. The standard InChI is InChI=1S/C51H66N10O6S/c1-32(2)46(51(65)60-30-38(62)27-42(60)50(64)54-33(3)35-17-19-36(20-18-35)48-34(4)53-31-68-48)44-29-45(58-67-44)66-26-14-10-8-6-5-7-9-13-23-59-24-21-37(22-25-59)61-41-28-40(39-15-11-12-16-43(39)63)55-56-47(41)49(52)57-61/h11-12,15-20,28-29,31-33,37-38,42,46,62-63H,5-10,13-14,21-27,30H2,1-4H3,(H2,52,57)(H,54,64)/t33-,38+,42-,46+/m0/s1. The van der Waals surface area contributed by atoms with Crippen LogP contribution in [0.5, 0.6) is 11.6 Å². The predicted molar refractivity (Wildman–Crippen MR) is 263 cm³/mol. The van der Waals surface area contributed by atoms with Crippen molar-refractivity contribution in [2.75, 3.05) is 38.5 Å². The zero-order valence-electron chi connectivity index (χ0n) is 39.7. The van der Waals surface area contributed by atoms with Crippen LogP contribution >= 0.6 is 11.3 Å². The third-order valence-electron chi connectivity index (χ3n) is 13.6. The molecule has 68 heavy (non-hydrogen) atoms. The molecular formula is C51H66N10O6S. The molecule has 2 aliphatic heterocycles. The number of amides is 2. The van der Waals surface area contributed by atoms with E-state index in [0.29, 0.717) is 40.8 Å². The van der Waals surface area contributed by atoms with Crippen LogP contribution in [0.4, 0.5) is 5.82 Å². The summed E-state index contributed by atoms with van der Waals surface area (Å²) >= 11 is 1.59. The summed E-state index contributed by atoms with van der Waals surface area (Å²) in [6.45, 7) is 11.5. The number of nitrogens with zero attached hydrogens (tertiary/aromatic N) is 8. The Bertz CT molecular complexity index is 2600. The number of benzene rings is 2. The molecule has 0 saturated carbocycles. The topological polar surface area (TPSA) is 211 Å². The summed E-state index contributed by atoms with van der Waals surface area (Å²) in [5.41, 5.74) is 13.8. The monoisotopic (exact) mass is 946 g/mol. The van der Waals surface area contributed by atoms with Gasteiger partial charge in [-0.05, 0) is 86.5 Å². The Labute approximate surface area is 402 Å². The fraction of sp³-hybridized carbons (Fsp3) is 0.510. The number of para-hydroxylation sites is 1. The molecule has 2 aromatic carbocycles. The van der Waals surface area contributed by atoms with E-state index in [-0.39, 0.29) is 48.5 Å². The average Bonchev–Trinajstić information content (AvgIpc) is 4.15. The number of nitrogen functional groups attached to an aromatic ring is 1. The third-order valence-corrected chi connectivity index (χ3v) is 14.5. The number of unbranched alkanes of at least 4 members (excludes halogenated alkanes) is 7. The Morgan fingerprint density at radius 3 is 2.38 bits per heavy atom. The number of β-amino-alcohol motifs (C(OH)–C–C–N with tert-alkyl or cyclic N) is 1. The Kier molecular flexibility index (Phi) is 16.0. The number of hydrogen-bond acceptors (Lipinski definition) is 14. The van der Waals surface area contributed by atoms with Crippen molar-refractivity contribution >= 4 is 40.0 Å². The van der Waals surface area contributed by atoms with Gasteiger partial charge in [0.05, 0.1) is 52.1 Å². The molecule has 2 aliphatic rings. The lowest BCUT2D eigenvalue weighted by molar-refractivity contribution is -0.141. The SMILES string of the molecule is Cc1ncsc1-c1ccc([C@H](C)NC(=O)[C@@H]2C[C@@H](O)CN2C(=O)[C@@H](c2cc(OCCCCCCCCCCN3CCC(n4nc(N)c5nnc(-c6ccccc6O)cc54)CC3)no2)C(C)C)cc1. The van der Waals surface area contributed by atoms with Gasteiger partial charge in [-0.1, -0.05) is 88.8 Å². The second-order valence-corrected chi connectivity index (χ2v) is 19.7. The van der Waals surface area contributed by atoms with Crippen LogP contribution in [-0.2, 0) is 9.59 Å². The number of piperidine rings is 1. The number of aliphatic hydroxyl groups excluding tert-OH is 1.